The Morgan fingerprint density at radius 1 is 1.05 bits per heavy atom. The Labute approximate surface area is 229 Å². The van der Waals surface area contributed by atoms with Gasteiger partial charge in [0.1, 0.15) is 0 Å². The van der Waals surface area contributed by atoms with Crippen molar-refractivity contribution >= 4 is 11.9 Å². The van der Waals surface area contributed by atoms with Crippen molar-refractivity contribution in [3.05, 3.63) is 30.1 Å². The third-order valence-electron chi connectivity index (χ3n) is 12.1. The number of carbonyl (C=O) groups excluding carboxylic acids is 1. The predicted octanol–water partition coefficient (Wildman–Crippen LogP) is 5.48. The molecule has 0 bridgehead atoms. The lowest BCUT2D eigenvalue weighted by molar-refractivity contribution is -0.132. The van der Waals surface area contributed by atoms with Gasteiger partial charge >= 0.3 is 0 Å². The lowest BCUT2D eigenvalue weighted by Gasteiger charge is -2.58. The summed E-state index contributed by atoms with van der Waals surface area (Å²) in [5.41, 5.74) is 2.30. The molecule has 4 aliphatic carbocycles. The molecule has 8 atom stereocenters. The normalized spacial score (nSPS) is 39.6. The van der Waals surface area contributed by atoms with E-state index in [0.29, 0.717) is 29.1 Å². The van der Waals surface area contributed by atoms with Crippen LogP contribution >= 0.6 is 0 Å². The summed E-state index contributed by atoms with van der Waals surface area (Å²) in [5.74, 6) is 4.85. The summed E-state index contributed by atoms with van der Waals surface area (Å²) in [7, 11) is 0. The summed E-state index contributed by atoms with van der Waals surface area (Å²) in [5, 5.41) is 10.3. The highest BCUT2D eigenvalue weighted by molar-refractivity contribution is 5.76. The fourth-order valence-electron chi connectivity index (χ4n) is 9.94. The molecule has 0 aromatic carbocycles. The maximum absolute atomic E-state index is 13.2. The van der Waals surface area contributed by atoms with E-state index in [-0.39, 0.29) is 6.10 Å². The lowest BCUT2D eigenvalue weighted by atomic mass is 9.47. The third-order valence-corrected chi connectivity index (χ3v) is 12.1. The summed E-state index contributed by atoms with van der Waals surface area (Å²) in [6, 6.07) is 1.84. The molecule has 6 nitrogen and oxygen atoms in total. The molecule has 0 spiro atoms. The maximum atomic E-state index is 13.2. The largest absolute Gasteiger partial charge is 0.393 e. The minimum Gasteiger partial charge on any atom is -0.393 e. The number of hydrogen-bond acceptors (Lipinski definition) is 5. The number of carbonyl (C=O) groups is 1. The van der Waals surface area contributed by atoms with Crippen LogP contribution in [0.4, 0.5) is 5.95 Å². The Morgan fingerprint density at radius 3 is 2.58 bits per heavy atom. The first-order valence-electron chi connectivity index (χ1n) is 15.5. The first-order chi connectivity index (χ1) is 18.3. The molecule has 1 amide bonds. The highest BCUT2D eigenvalue weighted by Crippen LogP contribution is 2.67. The zero-order chi connectivity index (χ0) is 26.5. The van der Waals surface area contributed by atoms with E-state index in [4.69, 9.17) is 0 Å². The molecule has 1 aromatic rings. The topological polar surface area (TPSA) is 69.6 Å². The van der Waals surface area contributed by atoms with Crippen molar-refractivity contribution < 1.29 is 9.90 Å². The van der Waals surface area contributed by atoms with Gasteiger partial charge in [0, 0.05) is 45.0 Å². The van der Waals surface area contributed by atoms with Crippen molar-refractivity contribution in [2.75, 3.05) is 31.1 Å². The number of fused-ring (bicyclic) bond motifs is 5. The standard InChI is InChI=1S/C32H48N4O2/c1-22(5-10-29(38)35-17-19-36(20-18-35)30-33-15-4-16-34-30)26-8-9-27-25-7-6-23-21-24(37)11-13-31(23,2)28(25)12-14-32(26,27)3/h4,6,15-16,22,24-28,37H,5,7-14,17-21H2,1-3H3/t22-,24+,25+,26-,27+,28+,31+,32-/m1/s1. The summed E-state index contributed by atoms with van der Waals surface area (Å²) < 4.78 is 0. The minimum absolute atomic E-state index is 0.124. The zero-order valence-corrected chi connectivity index (χ0v) is 23.8. The summed E-state index contributed by atoms with van der Waals surface area (Å²) in [6.45, 7) is 10.7. The van der Waals surface area contributed by atoms with Gasteiger partial charge in [-0.25, -0.2) is 9.97 Å². The second-order valence-corrected chi connectivity index (χ2v) is 13.8. The lowest BCUT2D eigenvalue weighted by Crippen LogP contribution is -2.51. The van der Waals surface area contributed by atoms with Gasteiger partial charge in [0.25, 0.3) is 0 Å². The summed E-state index contributed by atoms with van der Waals surface area (Å²) in [4.78, 5) is 26.1. The molecule has 1 aliphatic heterocycles. The number of aliphatic hydroxyl groups excluding tert-OH is 1. The van der Waals surface area contributed by atoms with E-state index in [1.54, 1.807) is 18.0 Å². The Kier molecular flexibility index (Phi) is 7.07. The van der Waals surface area contributed by atoms with E-state index >= 15 is 0 Å². The first-order valence-corrected chi connectivity index (χ1v) is 15.5. The van der Waals surface area contributed by atoms with Crippen LogP contribution in [0, 0.1) is 40.4 Å². The molecule has 1 saturated heterocycles. The number of amides is 1. The maximum Gasteiger partial charge on any atom is 0.225 e. The number of piperazine rings is 1. The van der Waals surface area contributed by atoms with Gasteiger partial charge in [-0.05, 0) is 104 Å². The average Bonchev–Trinajstić information content (AvgIpc) is 3.30. The SMILES string of the molecule is C[C@H](CCC(=O)N1CCN(c2ncccn2)CC1)[C@H]1CC[C@H]2[C@@H]3CC=C4C[C@@H](O)CC[C@]4(C)[C@H]3CC[C@]12C. The highest BCUT2D eigenvalue weighted by atomic mass is 16.3. The van der Waals surface area contributed by atoms with Crippen LogP contribution in [-0.4, -0.2) is 58.2 Å². The number of allylic oxidation sites excluding steroid dienone is 1. The van der Waals surface area contributed by atoms with Crippen LogP contribution < -0.4 is 4.90 Å². The van der Waals surface area contributed by atoms with E-state index in [2.05, 4.69) is 46.6 Å². The zero-order valence-electron chi connectivity index (χ0n) is 23.8. The Balaban J connectivity index is 1.04. The van der Waals surface area contributed by atoms with Crippen molar-refractivity contribution in [2.45, 2.75) is 91.1 Å². The van der Waals surface area contributed by atoms with Gasteiger partial charge in [-0.2, -0.15) is 0 Å². The van der Waals surface area contributed by atoms with Crippen LogP contribution in [0.25, 0.3) is 0 Å². The Hall–Kier alpha value is -1.95. The quantitative estimate of drug-likeness (QED) is 0.521. The van der Waals surface area contributed by atoms with Gasteiger partial charge in [0.05, 0.1) is 6.10 Å². The predicted molar refractivity (Wildman–Crippen MR) is 150 cm³/mol. The molecule has 6 rings (SSSR count). The van der Waals surface area contributed by atoms with Gasteiger partial charge in [0.15, 0.2) is 0 Å². The average molecular weight is 521 g/mol. The second-order valence-electron chi connectivity index (χ2n) is 13.8. The van der Waals surface area contributed by atoms with Crippen molar-refractivity contribution in [3.63, 3.8) is 0 Å². The van der Waals surface area contributed by atoms with Crippen LogP contribution in [0.15, 0.2) is 30.1 Å². The molecular formula is C32H48N4O2. The summed E-state index contributed by atoms with van der Waals surface area (Å²) >= 11 is 0. The van der Waals surface area contributed by atoms with Crippen molar-refractivity contribution in [2.24, 2.45) is 40.4 Å². The van der Waals surface area contributed by atoms with Crippen molar-refractivity contribution in [1.82, 2.24) is 14.9 Å². The molecule has 6 heteroatoms. The summed E-state index contributed by atoms with van der Waals surface area (Å²) in [6.07, 6.45) is 17.4. The molecule has 1 aromatic heterocycles. The molecule has 1 N–H and O–H groups in total. The fourth-order valence-corrected chi connectivity index (χ4v) is 9.94. The van der Waals surface area contributed by atoms with E-state index < -0.39 is 0 Å². The number of anilines is 1. The van der Waals surface area contributed by atoms with E-state index in [1.807, 2.05) is 6.07 Å². The molecule has 0 radical (unpaired) electrons. The number of aliphatic hydroxyl groups is 1. The van der Waals surface area contributed by atoms with Crippen LogP contribution in [0.2, 0.25) is 0 Å². The van der Waals surface area contributed by atoms with Crippen LogP contribution in [-0.2, 0) is 4.79 Å². The minimum atomic E-state index is -0.124. The number of rotatable bonds is 5. The third kappa shape index (κ3) is 4.49. The molecular weight excluding hydrogens is 472 g/mol. The molecule has 208 valence electrons. The molecule has 0 unspecified atom stereocenters. The van der Waals surface area contributed by atoms with E-state index in [0.717, 1.165) is 75.1 Å². The number of nitrogens with zero attached hydrogens (tertiary/aromatic N) is 4. The van der Waals surface area contributed by atoms with Gasteiger partial charge in [-0.3, -0.25) is 4.79 Å². The molecule has 5 aliphatic rings. The monoisotopic (exact) mass is 520 g/mol. The Bertz CT molecular complexity index is 1040. The molecule has 2 heterocycles. The van der Waals surface area contributed by atoms with Crippen LogP contribution in [0.5, 0.6) is 0 Å². The Morgan fingerprint density at radius 2 is 1.82 bits per heavy atom. The van der Waals surface area contributed by atoms with E-state index in [9.17, 15) is 9.90 Å². The number of hydrogen-bond donors (Lipinski definition) is 1. The van der Waals surface area contributed by atoms with Gasteiger partial charge in [-0.15, -0.1) is 0 Å². The van der Waals surface area contributed by atoms with Gasteiger partial charge in [-0.1, -0.05) is 32.4 Å². The molecule has 4 fully saturated rings. The highest BCUT2D eigenvalue weighted by Gasteiger charge is 2.59. The van der Waals surface area contributed by atoms with Gasteiger partial charge < -0.3 is 14.9 Å². The van der Waals surface area contributed by atoms with E-state index in [1.165, 1.54) is 38.5 Å². The van der Waals surface area contributed by atoms with Crippen molar-refractivity contribution in [3.8, 4) is 0 Å². The first kappa shape index (κ1) is 26.3. The number of aromatic nitrogens is 2. The smallest absolute Gasteiger partial charge is 0.225 e. The molecule has 38 heavy (non-hydrogen) atoms. The van der Waals surface area contributed by atoms with Gasteiger partial charge in [0.2, 0.25) is 11.9 Å². The van der Waals surface area contributed by atoms with Crippen LogP contribution in [0.1, 0.15) is 85.0 Å². The molecule has 3 saturated carbocycles. The van der Waals surface area contributed by atoms with Crippen molar-refractivity contribution in [1.29, 1.82) is 0 Å². The second kappa shape index (κ2) is 10.2. The van der Waals surface area contributed by atoms with Crippen LogP contribution in [0.3, 0.4) is 0 Å². The fraction of sp³-hybridized carbons (Fsp3) is 0.781.